The standard InChI is InChI=1S/C11H16ClN3O4S/c1-7(2)15-10(16)3-4-14-20(18,19)8-5-9(12)11(17)13-6-8/h5-7,14H,3-4H2,1-2H3,(H,13,17)(H,15,16). The first-order valence-corrected chi connectivity index (χ1v) is 7.76. The smallest absolute Gasteiger partial charge is 0.266 e. The number of rotatable bonds is 6. The molecule has 20 heavy (non-hydrogen) atoms. The van der Waals surface area contributed by atoms with Gasteiger partial charge in [-0.3, -0.25) is 9.59 Å². The van der Waals surface area contributed by atoms with E-state index in [9.17, 15) is 18.0 Å². The van der Waals surface area contributed by atoms with Crippen LogP contribution in [0.15, 0.2) is 22.0 Å². The summed E-state index contributed by atoms with van der Waals surface area (Å²) in [5, 5.41) is 2.43. The van der Waals surface area contributed by atoms with Crippen molar-refractivity contribution in [1.82, 2.24) is 15.0 Å². The number of H-pyrrole nitrogens is 1. The Labute approximate surface area is 121 Å². The number of sulfonamides is 1. The SMILES string of the molecule is CC(C)NC(=O)CCNS(=O)(=O)c1c[nH]c(=O)c(Cl)c1. The van der Waals surface area contributed by atoms with Crippen molar-refractivity contribution >= 4 is 27.5 Å². The van der Waals surface area contributed by atoms with Crippen LogP contribution in [-0.2, 0) is 14.8 Å². The Morgan fingerprint density at radius 3 is 2.65 bits per heavy atom. The van der Waals surface area contributed by atoms with Crippen molar-refractivity contribution in [2.75, 3.05) is 6.54 Å². The van der Waals surface area contributed by atoms with Gasteiger partial charge in [0, 0.05) is 25.2 Å². The molecule has 0 saturated heterocycles. The molecule has 1 amide bonds. The van der Waals surface area contributed by atoms with Crippen LogP contribution in [0.1, 0.15) is 20.3 Å². The van der Waals surface area contributed by atoms with Crippen LogP contribution in [-0.4, -0.2) is 31.9 Å². The summed E-state index contributed by atoms with van der Waals surface area (Å²) in [6.07, 6.45) is 1.07. The fourth-order valence-corrected chi connectivity index (χ4v) is 2.63. The highest BCUT2D eigenvalue weighted by atomic mass is 35.5. The van der Waals surface area contributed by atoms with Gasteiger partial charge in [-0.15, -0.1) is 0 Å². The first-order chi connectivity index (χ1) is 9.22. The minimum atomic E-state index is -3.81. The van der Waals surface area contributed by atoms with Crippen molar-refractivity contribution in [2.24, 2.45) is 0 Å². The Morgan fingerprint density at radius 1 is 1.45 bits per heavy atom. The molecule has 112 valence electrons. The number of carbonyl (C=O) groups is 1. The predicted molar refractivity (Wildman–Crippen MR) is 75.2 cm³/mol. The fraction of sp³-hybridized carbons (Fsp3) is 0.455. The Bertz CT molecular complexity index is 639. The van der Waals surface area contributed by atoms with Gasteiger partial charge in [0.05, 0.1) is 4.90 Å². The maximum absolute atomic E-state index is 11.9. The average Bonchev–Trinajstić information content (AvgIpc) is 2.31. The van der Waals surface area contributed by atoms with Gasteiger partial charge in [-0.05, 0) is 19.9 Å². The van der Waals surface area contributed by atoms with E-state index >= 15 is 0 Å². The number of aromatic amines is 1. The lowest BCUT2D eigenvalue weighted by atomic mass is 10.3. The second-order valence-electron chi connectivity index (χ2n) is 4.38. The summed E-state index contributed by atoms with van der Waals surface area (Å²) in [6, 6.07) is 1.05. The van der Waals surface area contributed by atoms with E-state index in [0.29, 0.717) is 0 Å². The number of hydrogen-bond acceptors (Lipinski definition) is 4. The molecule has 1 heterocycles. The molecule has 0 atom stereocenters. The van der Waals surface area contributed by atoms with E-state index in [-0.39, 0.29) is 34.8 Å². The number of carbonyl (C=O) groups excluding carboxylic acids is 1. The third-order valence-corrected chi connectivity index (χ3v) is 3.96. The van der Waals surface area contributed by atoms with Gasteiger partial charge in [-0.1, -0.05) is 11.6 Å². The predicted octanol–water partition coefficient (Wildman–Crippen LogP) is 0.221. The van der Waals surface area contributed by atoms with Crippen molar-refractivity contribution in [2.45, 2.75) is 31.2 Å². The van der Waals surface area contributed by atoms with E-state index in [1.807, 2.05) is 13.8 Å². The lowest BCUT2D eigenvalue weighted by Crippen LogP contribution is -2.34. The second kappa shape index (κ2) is 6.87. The highest BCUT2D eigenvalue weighted by Crippen LogP contribution is 2.10. The molecule has 1 rings (SSSR count). The third-order valence-electron chi connectivity index (χ3n) is 2.24. The van der Waals surface area contributed by atoms with Gasteiger partial charge in [0.15, 0.2) is 0 Å². The van der Waals surface area contributed by atoms with Crippen molar-refractivity contribution in [3.8, 4) is 0 Å². The van der Waals surface area contributed by atoms with E-state index in [0.717, 1.165) is 12.3 Å². The first-order valence-electron chi connectivity index (χ1n) is 5.89. The van der Waals surface area contributed by atoms with E-state index in [2.05, 4.69) is 15.0 Å². The molecule has 0 aliphatic rings. The fourth-order valence-electron chi connectivity index (χ4n) is 1.37. The van der Waals surface area contributed by atoms with Crippen molar-refractivity contribution in [1.29, 1.82) is 0 Å². The number of hydrogen-bond donors (Lipinski definition) is 3. The summed E-state index contributed by atoms with van der Waals surface area (Å²) >= 11 is 5.56. The van der Waals surface area contributed by atoms with Crippen LogP contribution < -0.4 is 15.6 Å². The molecule has 0 saturated carbocycles. The molecule has 0 spiro atoms. The van der Waals surface area contributed by atoms with Crippen LogP contribution in [0, 0.1) is 0 Å². The van der Waals surface area contributed by atoms with E-state index in [1.165, 1.54) is 0 Å². The topological polar surface area (TPSA) is 108 Å². The molecule has 0 bridgehead atoms. The van der Waals surface area contributed by atoms with Crippen molar-refractivity contribution < 1.29 is 13.2 Å². The van der Waals surface area contributed by atoms with Gasteiger partial charge >= 0.3 is 0 Å². The lowest BCUT2D eigenvalue weighted by Gasteiger charge is -2.09. The molecule has 9 heteroatoms. The highest BCUT2D eigenvalue weighted by molar-refractivity contribution is 7.89. The van der Waals surface area contributed by atoms with Gasteiger partial charge in [0.25, 0.3) is 5.56 Å². The molecule has 0 aromatic carbocycles. The Kier molecular flexibility index (Phi) is 5.73. The molecule has 7 nitrogen and oxygen atoms in total. The molecule has 1 aromatic rings. The van der Waals surface area contributed by atoms with Crippen LogP contribution in [0.2, 0.25) is 5.02 Å². The summed E-state index contributed by atoms with van der Waals surface area (Å²) < 4.78 is 26.0. The average molecular weight is 322 g/mol. The second-order valence-corrected chi connectivity index (χ2v) is 6.56. The Balaban J connectivity index is 2.64. The zero-order valence-electron chi connectivity index (χ0n) is 11.1. The minimum Gasteiger partial charge on any atom is -0.354 e. The monoisotopic (exact) mass is 321 g/mol. The van der Waals surface area contributed by atoms with Gasteiger partial charge in [0.1, 0.15) is 5.02 Å². The van der Waals surface area contributed by atoms with E-state index in [1.54, 1.807) is 0 Å². The number of aromatic nitrogens is 1. The summed E-state index contributed by atoms with van der Waals surface area (Å²) in [7, 11) is -3.81. The van der Waals surface area contributed by atoms with Gasteiger partial charge in [-0.2, -0.15) is 0 Å². The van der Waals surface area contributed by atoms with E-state index in [4.69, 9.17) is 11.6 Å². The summed E-state index contributed by atoms with van der Waals surface area (Å²) in [5.41, 5.74) is -0.568. The van der Waals surface area contributed by atoms with Crippen LogP contribution in [0.25, 0.3) is 0 Å². The summed E-state index contributed by atoms with van der Waals surface area (Å²) in [4.78, 5) is 24.5. The molecule has 0 aliphatic heterocycles. The molecular weight excluding hydrogens is 306 g/mol. The summed E-state index contributed by atoms with van der Waals surface area (Å²) in [6.45, 7) is 3.58. The highest BCUT2D eigenvalue weighted by Gasteiger charge is 2.15. The maximum atomic E-state index is 11.9. The molecule has 3 N–H and O–H groups in total. The van der Waals surface area contributed by atoms with Crippen LogP contribution in [0.5, 0.6) is 0 Å². The molecule has 0 aliphatic carbocycles. The van der Waals surface area contributed by atoms with Crippen molar-refractivity contribution in [3.63, 3.8) is 0 Å². The molecule has 1 aromatic heterocycles. The number of nitrogens with one attached hydrogen (secondary N) is 3. The summed E-state index contributed by atoms with van der Waals surface area (Å²) in [5.74, 6) is -0.248. The minimum absolute atomic E-state index is 0.00267. The quantitative estimate of drug-likeness (QED) is 0.696. The van der Waals surface area contributed by atoms with Crippen LogP contribution in [0.3, 0.4) is 0 Å². The normalized spacial score (nSPS) is 11.6. The number of amides is 1. The molecule has 0 unspecified atom stereocenters. The molecule has 0 fully saturated rings. The molecular formula is C11H16ClN3O4S. The zero-order chi connectivity index (χ0) is 15.3. The largest absolute Gasteiger partial charge is 0.354 e. The van der Waals surface area contributed by atoms with Crippen LogP contribution >= 0.6 is 11.6 Å². The van der Waals surface area contributed by atoms with Gasteiger partial charge in [-0.25, -0.2) is 13.1 Å². The number of pyridine rings is 1. The zero-order valence-corrected chi connectivity index (χ0v) is 12.6. The van der Waals surface area contributed by atoms with Crippen molar-refractivity contribution in [3.05, 3.63) is 27.6 Å². The number of halogens is 1. The lowest BCUT2D eigenvalue weighted by molar-refractivity contribution is -0.121. The van der Waals surface area contributed by atoms with Gasteiger partial charge in [0.2, 0.25) is 15.9 Å². The molecule has 0 radical (unpaired) electrons. The Morgan fingerprint density at radius 2 is 2.10 bits per heavy atom. The third kappa shape index (κ3) is 4.95. The van der Waals surface area contributed by atoms with E-state index < -0.39 is 15.6 Å². The van der Waals surface area contributed by atoms with Gasteiger partial charge < -0.3 is 10.3 Å². The van der Waals surface area contributed by atoms with Crippen LogP contribution in [0.4, 0.5) is 0 Å². The first kappa shape index (κ1) is 16.7. The Hall–Kier alpha value is -1.38. The maximum Gasteiger partial charge on any atom is 0.266 e.